The van der Waals surface area contributed by atoms with Crippen LogP contribution in [0.4, 0.5) is 11.5 Å². The van der Waals surface area contributed by atoms with E-state index in [2.05, 4.69) is 10.3 Å². The lowest BCUT2D eigenvalue weighted by atomic mass is 9.88. The number of phenols is 1. The predicted molar refractivity (Wildman–Crippen MR) is 123 cm³/mol. The standard InChI is InChI=1S/C23H25ClN4O4/c1-27(2)28(23(31)14-6-4-3-5-7-14)18-12-17(29)10-15-11-19(32-21(15)18)22(30)26-20-9-8-16(24)13-25-20/h8-14,29H,3-7H2,1-2H3,(H,25,26,30). The minimum Gasteiger partial charge on any atom is -0.508 e. The molecule has 0 saturated heterocycles. The number of hydrogen-bond acceptors (Lipinski definition) is 6. The molecule has 2 aromatic heterocycles. The number of benzene rings is 1. The molecule has 2 N–H and O–H groups in total. The second-order valence-electron chi connectivity index (χ2n) is 8.14. The summed E-state index contributed by atoms with van der Waals surface area (Å²) in [6.45, 7) is 0. The number of hydrazine groups is 1. The lowest BCUT2D eigenvalue weighted by molar-refractivity contribution is -0.125. The van der Waals surface area contributed by atoms with E-state index in [1.807, 2.05) is 0 Å². The Kier molecular flexibility index (Phi) is 6.34. The molecule has 1 aliphatic rings. The van der Waals surface area contributed by atoms with E-state index in [0.29, 0.717) is 27.5 Å². The highest BCUT2D eigenvalue weighted by atomic mass is 35.5. The number of nitrogens with one attached hydrogen (secondary N) is 1. The maximum atomic E-state index is 13.4. The summed E-state index contributed by atoms with van der Waals surface area (Å²) in [5, 5.41) is 17.1. The first kappa shape index (κ1) is 22.1. The van der Waals surface area contributed by atoms with E-state index in [4.69, 9.17) is 16.0 Å². The van der Waals surface area contributed by atoms with Gasteiger partial charge >= 0.3 is 0 Å². The molecule has 0 atom stereocenters. The Morgan fingerprint density at radius 2 is 1.91 bits per heavy atom. The smallest absolute Gasteiger partial charge is 0.292 e. The molecule has 168 valence electrons. The molecule has 0 radical (unpaired) electrons. The van der Waals surface area contributed by atoms with Crippen molar-refractivity contribution in [2.45, 2.75) is 32.1 Å². The predicted octanol–water partition coefficient (Wildman–Crippen LogP) is 4.83. The summed E-state index contributed by atoms with van der Waals surface area (Å²) in [5.41, 5.74) is 0.735. The number of aromatic hydroxyl groups is 1. The van der Waals surface area contributed by atoms with Crippen LogP contribution >= 0.6 is 11.6 Å². The third kappa shape index (κ3) is 4.56. The summed E-state index contributed by atoms with van der Waals surface area (Å²) in [6, 6.07) is 7.71. The van der Waals surface area contributed by atoms with Gasteiger partial charge in [-0.1, -0.05) is 30.9 Å². The molecule has 1 aliphatic carbocycles. The molecular weight excluding hydrogens is 432 g/mol. The third-order valence-corrected chi connectivity index (χ3v) is 5.79. The van der Waals surface area contributed by atoms with Crippen molar-refractivity contribution in [1.29, 1.82) is 0 Å². The summed E-state index contributed by atoms with van der Waals surface area (Å²) < 4.78 is 5.88. The van der Waals surface area contributed by atoms with Crippen molar-refractivity contribution < 1.29 is 19.1 Å². The monoisotopic (exact) mass is 456 g/mol. The SMILES string of the molecule is CN(C)N(C(=O)C1CCCCC1)c1cc(O)cc2cc(C(=O)Nc3ccc(Cl)cn3)oc12. The zero-order chi connectivity index (χ0) is 22.8. The van der Waals surface area contributed by atoms with Crippen LogP contribution < -0.4 is 10.3 Å². The van der Waals surface area contributed by atoms with Gasteiger partial charge in [-0.25, -0.2) is 15.0 Å². The van der Waals surface area contributed by atoms with Crippen LogP contribution in [0.1, 0.15) is 42.7 Å². The number of rotatable bonds is 5. The van der Waals surface area contributed by atoms with Gasteiger partial charge in [0.05, 0.1) is 5.02 Å². The minimum absolute atomic E-state index is 0.0251. The minimum atomic E-state index is -0.503. The number of aromatic nitrogens is 1. The van der Waals surface area contributed by atoms with E-state index in [1.54, 1.807) is 31.2 Å². The van der Waals surface area contributed by atoms with Crippen LogP contribution in [0.25, 0.3) is 11.0 Å². The van der Waals surface area contributed by atoms with Gasteiger partial charge in [-0.15, -0.1) is 0 Å². The number of nitrogens with zero attached hydrogens (tertiary/aromatic N) is 3. The number of fused-ring (bicyclic) bond motifs is 1. The zero-order valence-electron chi connectivity index (χ0n) is 18.0. The van der Waals surface area contributed by atoms with E-state index in [9.17, 15) is 14.7 Å². The number of carbonyl (C=O) groups is 2. The van der Waals surface area contributed by atoms with Crippen molar-refractivity contribution in [3.05, 3.63) is 47.3 Å². The van der Waals surface area contributed by atoms with Gasteiger partial charge in [-0.05, 0) is 37.1 Å². The molecule has 1 fully saturated rings. The van der Waals surface area contributed by atoms with Crippen molar-refractivity contribution >= 4 is 45.9 Å². The Morgan fingerprint density at radius 1 is 1.16 bits per heavy atom. The van der Waals surface area contributed by atoms with E-state index >= 15 is 0 Å². The molecule has 0 spiro atoms. The first-order valence-corrected chi connectivity index (χ1v) is 10.9. The van der Waals surface area contributed by atoms with E-state index < -0.39 is 5.91 Å². The molecule has 32 heavy (non-hydrogen) atoms. The molecule has 0 bridgehead atoms. The number of phenolic OH excluding ortho intramolecular Hbond substituents is 1. The molecule has 1 aromatic carbocycles. The molecule has 0 aliphatic heterocycles. The summed E-state index contributed by atoms with van der Waals surface area (Å²) in [7, 11) is 3.53. The van der Waals surface area contributed by atoms with E-state index in [0.717, 1.165) is 32.1 Å². The lowest BCUT2D eigenvalue weighted by Gasteiger charge is -2.33. The normalized spacial score (nSPS) is 14.6. The van der Waals surface area contributed by atoms with Crippen molar-refractivity contribution in [3.63, 3.8) is 0 Å². The summed E-state index contributed by atoms with van der Waals surface area (Å²) in [4.78, 5) is 30.1. The van der Waals surface area contributed by atoms with Crippen LogP contribution in [-0.4, -0.2) is 41.0 Å². The fourth-order valence-corrected chi connectivity index (χ4v) is 4.18. The van der Waals surface area contributed by atoms with E-state index in [-0.39, 0.29) is 23.3 Å². The van der Waals surface area contributed by atoms with E-state index in [1.165, 1.54) is 29.4 Å². The summed E-state index contributed by atoms with van der Waals surface area (Å²) >= 11 is 5.83. The Morgan fingerprint density at radius 3 is 2.56 bits per heavy atom. The number of pyridine rings is 1. The molecule has 1 saturated carbocycles. The average Bonchev–Trinajstić information content (AvgIpc) is 3.20. The Labute approximate surface area is 190 Å². The highest BCUT2D eigenvalue weighted by molar-refractivity contribution is 6.30. The quantitative estimate of drug-likeness (QED) is 0.533. The van der Waals surface area contributed by atoms with Crippen LogP contribution in [0.5, 0.6) is 5.75 Å². The zero-order valence-corrected chi connectivity index (χ0v) is 18.7. The fraction of sp³-hybridized carbons (Fsp3) is 0.348. The van der Waals surface area contributed by atoms with Crippen molar-refractivity contribution in [1.82, 2.24) is 9.99 Å². The number of halogens is 1. The van der Waals surface area contributed by atoms with Gasteiger partial charge in [0.1, 0.15) is 17.3 Å². The second-order valence-corrected chi connectivity index (χ2v) is 8.58. The maximum absolute atomic E-state index is 13.4. The van der Waals surface area contributed by atoms with Crippen molar-refractivity contribution in [3.8, 4) is 5.75 Å². The molecule has 2 heterocycles. The molecule has 4 rings (SSSR count). The Hall–Kier alpha value is -3.10. The number of hydrogen-bond donors (Lipinski definition) is 2. The third-order valence-electron chi connectivity index (χ3n) is 5.57. The second kappa shape index (κ2) is 9.18. The van der Waals surface area contributed by atoms with Crippen LogP contribution in [0, 0.1) is 5.92 Å². The lowest BCUT2D eigenvalue weighted by Crippen LogP contribution is -2.45. The highest BCUT2D eigenvalue weighted by Crippen LogP contribution is 2.36. The van der Waals surface area contributed by atoms with Crippen LogP contribution in [0.3, 0.4) is 0 Å². The Balaban J connectivity index is 1.69. The van der Waals surface area contributed by atoms with Crippen LogP contribution in [0.15, 0.2) is 40.9 Å². The summed E-state index contributed by atoms with van der Waals surface area (Å²) in [6.07, 6.45) is 6.29. The Bertz CT molecular complexity index is 1140. The maximum Gasteiger partial charge on any atom is 0.292 e. The molecule has 3 aromatic rings. The number of carbonyl (C=O) groups excluding carboxylic acids is 2. The van der Waals surface area contributed by atoms with Crippen LogP contribution in [-0.2, 0) is 4.79 Å². The van der Waals surface area contributed by atoms with Crippen molar-refractivity contribution in [2.24, 2.45) is 5.92 Å². The van der Waals surface area contributed by atoms with Gasteiger partial charge in [0.2, 0.25) is 5.91 Å². The fourth-order valence-electron chi connectivity index (χ4n) is 4.07. The highest BCUT2D eigenvalue weighted by Gasteiger charge is 2.31. The average molecular weight is 457 g/mol. The molecule has 9 heteroatoms. The van der Waals surface area contributed by atoms with Crippen LogP contribution in [0.2, 0.25) is 5.02 Å². The van der Waals surface area contributed by atoms with Gasteiger partial charge < -0.3 is 14.8 Å². The van der Waals surface area contributed by atoms with Crippen molar-refractivity contribution in [2.75, 3.05) is 24.4 Å². The number of amides is 2. The molecule has 2 amide bonds. The number of anilines is 2. The molecular formula is C23H25ClN4O4. The summed E-state index contributed by atoms with van der Waals surface area (Å²) in [5.74, 6) is -0.302. The van der Waals surface area contributed by atoms with Gasteiger partial charge in [0.15, 0.2) is 11.3 Å². The van der Waals surface area contributed by atoms with Gasteiger partial charge in [-0.2, -0.15) is 0 Å². The number of furan rings is 1. The van der Waals surface area contributed by atoms with Gasteiger partial charge in [-0.3, -0.25) is 9.59 Å². The first-order chi connectivity index (χ1) is 15.3. The van der Waals surface area contributed by atoms with Gasteiger partial charge in [0.25, 0.3) is 5.91 Å². The van der Waals surface area contributed by atoms with Gasteiger partial charge in [0, 0.05) is 37.7 Å². The largest absolute Gasteiger partial charge is 0.508 e. The first-order valence-electron chi connectivity index (χ1n) is 10.5. The molecule has 0 unspecified atom stereocenters. The molecule has 8 nitrogen and oxygen atoms in total. The topological polar surface area (TPSA) is 98.9 Å².